The van der Waals surface area contributed by atoms with Crippen LogP contribution in [-0.2, 0) is 0 Å². The molecule has 0 bridgehead atoms. The second-order valence-electron chi connectivity index (χ2n) is 5.61. The maximum absolute atomic E-state index is 12.5. The van der Waals surface area contributed by atoms with Crippen LogP contribution in [0, 0.1) is 6.92 Å². The molecule has 1 aliphatic rings. The van der Waals surface area contributed by atoms with Crippen LogP contribution in [-0.4, -0.2) is 35.1 Å². The van der Waals surface area contributed by atoms with Crippen molar-refractivity contribution in [1.82, 2.24) is 4.90 Å². The van der Waals surface area contributed by atoms with E-state index in [1.807, 2.05) is 24.3 Å². The van der Waals surface area contributed by atoms with E-state index in [0.717, 1.165) is 30.2 Å². The van der Waals surface area contributed by atoms with Gasteiger partial charge in [0.15, 0.2) is 0 Å². The molecule has 3 heteroatoms. The van der Waals surface area contributed by atoms with Crippen LogP contribution in [0.5, 0.6) is 0 Å². The van der Waals surface area contributed by atoms with Gasteiger partial charge >= 0.3 is 0 Å². The molecule has 2 aromatic carbocycles. The molecule has 1 fully saturated rings. The highest BCUT2D eigenvalue weighted by molar-refractivity contribution is 5.98. The van der Waals surface area contributed by atoms with Gasteiger partial charge < -0.3 is 10.0 Å². The zero-order chi connectivity index (χ0) is 14.1. The van der Waals surface area contributed by atoms with Gasteiger partial charge in [-0.15, -0.1) is 0 Å². The Morgan fingerprint density at radius 2 is 1.95 bits per heavy atom. The molecule has 2 aromatic rings. The molecule has 0 aliphatic carbocycles. The summed E-state index contributed by atoms with van der Waals surface area (Å²) in [6.45, 7) is 3.25. The van der Waals surface area contributed by atoms with Crippen molar-refractivity contribution in [1.29, 1.82) is 0 Å². The van der Waals surface area contributed by atoms with Crippen LogP contribution in [0.2, 0.25) is 0 Å². The molecule has 1 amide bonds. The van der Waals surface area contributed by atoms with Crippen molar-refractivity contribution in [3.8, 4) is 0 Å². The molecule has 1 saturated heterocycles. The Morgan fingerprint density at radius 3 is 2.75 bits per heavy atom. The first-order valence-corrected chi connectivity index (χ1v) is 7.11. The lowest BCUT2D eigenvalue weighted by atomic mass is 10.0. The molecular weight excluding hydrogens is 250 g/mol. The van der Waals surface area contributed by atoms with Crippen molar-refractivity contribution in [2.45, 2.75) is 25.9 Å². The Morgan fingerprint density at radius 1 is 1.20 bits per heavy atom. The minimum Gasteiger partial charge on any atom is -0.391 e. The molecule has 0 radical (unpaired) electrons. The number of amides is 1. The number of fused-ring (bicyclic) bond motifs is 1. The predicted octanol–water partition coefficient (Wildman–Crippen LogP) is 2.75. The summed E-state index contributed by atoms with van der Waals surface area (Å²) >= 11 is 0. The highest BCUT2D eigenvalue weighted by Gasteiger charge is 2.23. The van der Waals surface area contributed by atoms with Gasteiger partial charge in [-0.05, 0) is 42.7 Å². The number of carbonyl (C=O) groups is 1. The third kappa shape index (κ3) is 2.54. The molecule has 1 heterocycles. The fourth-order valence-corrected chi connectivity index (χ4v) is 2.82. The summed E-state index contributed by atoms with van der Waals surface area (Å²) in [5.74, 6) is 0.0197. The average Bonchev–Trinajstić information content (AvgIpc) is 2.46. The summed E-state index contributed by atoms with van der Waals surface area (Å²) in [5, 5.41) is 11.9. The van der Waals surface area contributed by atoms with Crippen LogP contribution in [0.15, 0.2) is 36.4 Å². The zero-order valence-corrected chi connectivity index (χ0v) is 11.7. The molecule has 1 unspecified atom stereocenters. The van der Waals surface area contributed by atoms with Gasteiger partial charge in [0, 0.05) is 18.7 Å². The van der Waals surface area contributed by atoms with Crippen molar-refractivity contribution >= 4 is 16.7 Å². The normalized spacial score (nSPS) is 19.3. The third-order valence-corrected chi connectivity index (χ3v) is 3.93. The van der Waals surface area contributed by atoms with E-state index in [-0.39, 0.29) is 12.0 Å². The number of benzene rings is 2. The van der Waals surface area contributed by atoms with Crippen LogP contribution in [0.4, 0.5) is 0 Å². The molecule has 104 valence electrons. The number of nitrogens with zero attached hydrogens (tertiary/aromatic N) is 1. The Balaban J connectivity index is 1.89. The zero-order valence-electron chi connectivity index (χ0n) is 11.7. The molecule has 3 nitrogen and oxygen atoms in total. The summed E-state index contributed by atoms with van der Waals surface area (Å²) in [4.78, 5) is 14.2. The number of β-amino-alcohol motifs (C(OH)–C–C–N with tert-alkyl or cyclic N) is 1. The van der Waals surface area contributed by atoms with E-state index < -0.39 is 0 Å². The first-order valence-electron chi connectivity index (χ1n) is 7.11. The lowest BCUT2D eigenvalue weighted by molar-refractivity contribution is 0.0474. The molecular formula is C17H19NO2. The van der Waals surface area contributed by atoms with Gasteiger partial charge in [0.05, 0.1) is 6.10 Å². The maximum Gasteiger partial charge on any atom is 0.253 e. The second kappa shape index (κ2) is 5.25. The molecule has 20 heavy (non-hydrogen) atoms. The van der Waals surface area contributed by atoms with E-state index in [4.69, 9.17) is 0 Å². The van der Waals surface area contributed by atoms with Crippen molar-refractivity contribution in [2.75, 3.05) is 13.1 Å². The van der Waals surface area contributed by atoms with E-state index >= 15 is 0 Å². The van der Waals surface area contributed by atoms with Gasteiger partial charge in [-0.25, -0.2) is 0 Å². The van der Waals surface area contributed by atoms with Crippen molar-refractivity contribution in [3.05, 3.63) is 47.5 Å². The summed E-state index contributed by atoms with van der Waals surface area (Å²) in [7, 11) is 0. The van der Waals surface area contributed by atoms with Gasteiger partial charge in [0.2, 0.25) is 0 Å². The first kappa shape index (κ1) is 13.1. The molecule has 0 aromatic heterocycles. The molecule has 1 atom stereocenters. The third-order valence-electron chi connectivity index (χ3n) is 3.93. The number of rotatable bonds is 1. The maximum atomic E-state index is 12.5. The van der Waals surface area contributed by atoms with Gasteiger partial charge in [0.1, 0.15) is 0 Å². The van der Waals surface area contributed by atoms with Crippen LogP contribution in [0.3, 0.4) is 0 Å². The Labute approximate surface area is 118 Å². The number of hydrogen-bond donors (Lipinski definition) is 1. The predicted molar refractivity (Wildman–Crippen MR) is 79.8 cm³/mol. The monoisotopic (exact) mass is 269 g/mol. The SMILES string of the molecule is Cc1ccc2cc(C(=O)N3CCCC(O)C3)ccc2c1. The van der Waals surface area contributed by atoms with Crippen molar-refractivity contribution in [3.63, 3.8) is 0 Å². The topological polar surface area (TPSA) is 40.5 Å². The van der Waals surface area contributed by atoms with Gasteiger partial charge in [-0.3, -0.25) is 4.79 Å². The quantitative estimate of drug-likeness (QED) is 0.864. The highest BCUT2D eigenvalue weighted by Crippen LogP contribution is 2.20. The molecule has 1 N–H and O–H groups in total. The number of piperidine rings is 1. The summed E-state index contributed by atoms with van der Waals surface area (Å²) < 4.78 is 0. The number of likely N-dealkylation sites (tertiary alicyclic amines) is 1. The van der Waals surface area contributed by atoms with Gasteiger partial charge in [-0.1, -0.05) is 29.8 Å². The summed E-state index contributed by atoms with van der Waals surface area (Å²) in [6, 6.07) is 12.0. The lowest BCUT2D eigenvalue weighted by Crippen LogP contribution is -2.42. The molecule has 0 spiro atoms. The van der Waals surface area contributed by atoms with Crippen LogP contribution < -0.4 is 0 Å². The smallest absolute Gasteiger partial charge is 0.253 e. The largest absolute Gasteiger partial charge is 0.391 e. The van der Waals surface area contributed by atoms with Crippen molar-refractivity contribution in [2.24, 2.45) is 0 Å². The Hall–Kier alpha value is -1.87. The summed E-state index contributed by atoms with van der Waals surface area (Å²) in [6.07, 6.45) is 1.29. The van der Waals surface area contributed by atoms with E-state index in [1.165, 1.54) is 5.56 Å². The average molecular weight is 269 g/mol. The molecule has 1 aliphatic heterocycles. The number of carbonyl (C=O) groups excluding carboxylic acids is 1. The van der Waals surface area contributed by atoms with E-state index in [9.17, 15) is 9.90 Å². The van der Waals surface area contributed by atoms with E-state index in [0.29, 0.717) is 12.1 Å². The fraction of sp³-hybridized carbons (Fsp3) is 0.353. The lowest BCUT2D eigenvalue weighted by Gasteiger charge is -2.30. The molecule has 0 saturated carbocycles. The number of aryl methyl sites for hydroxylation is 1. The summed E-state index contributed by atoms with van der Waals surface area (Å²) in [5.41, 5.74) is 1.92. The minimum atomic E-state index is -0.379. The van der Waals surface area contributed by atoms with E-state index in [2.05, 4.69) is 19.1 Å². The standard InChI is InChI=1S/C17H19NO2/c1-12-4-5-14-10-15(7-6-13(14)9-12)17(20)18-8-2-3-16(19)11-18/h4-7,9-10,16,19H,2-3,8,11H2,1H3. The number of aliphatic hydroxyl groups excluding tert-OH is 1. The Kier molecular flexibility index (Phi) is 3.45. The fourth-order valence-electron chi connectivity index (χ4n) is 2.82. The second-order valence-corrected chi connectivity index (χ2v) is 5.61. The Bertz CT molecular complexity index is 650. The number of hydrogen-bond acceptors (Lipinski definition) is 2. The van der Waals surface area contributed by atoms with Gasteiger partial charge in [-0.2, -0.15) is 0 Å². The van der Waals surface area contributed by atoms with Crippen LogP contribution >= 0.6 is 0 Å². The van der Waals surface area contributed by atoms with Crippen molar-refractivity contribution < 1.29 is 9.90 Å². The number of aliphatic hydroxyl groups is 1. The molecule has 3 rings (SSSR count). The van der Waals surface area contributed by atoms with Crippen LogP contribution in [0.1, 0.15) is 28.8 Å². The minimum absolute atomic E-state index is 0.0197. The van der Waals surface area contributed by atoms with Gasteiger partial charge in [0.25, 0.3) is 5.91 Å². The van der Waals surface area contributed by atoms with Crippen LogP contribution in [0.25, 0.3) is 10.8 Å². The highest BCUT2D eigenvalue weighted by atomic mass is 16.3. The van der Waals surface area contributed by atoms with E-state index in [1.54, 1.807) is 4.90 Å². The first-order chi connectivity index (χ1) is 9.63.